The summed E-state index contributed by atoms with van der Waals surface area (Å²) in [6, 6.07) is 71.6. The number of alkyl halides is 18. The van der Waals surface area contributed by atoms with Gasteiger partial charge in [-0.1, -0.05) is 146 Å². The highest BCUT2D eigenvalue weighted by molar-refractivity contribution is 5.86. The van der Waals surface area contributed by atoms with Crippen molar-refractivity contribution in [2.24, 2.45) is 0 Å². The second-order valence-electron chi connectivity index (χ2n) is 34.3. The number of carbonyl (C=O) groups excluding carboxylic acids is 1. The van der Waals surface area contributed by atoms with Gasteiger partial charge in [0, 0.05) is 190 Å². The van der Waals surface area contributed by atoms with Gasteiger partial charge in [-0.3, -0.25) is 35.4 Å². The first-order chi connectivity index (χ1) is 69.0. The van der Waals surface area contributed by atoms with Crippen LogP contribution in [0.2, 0.25) is 0 Å². The number of hydrogen-bond donors (Lipinski definition) is 12. The highest BCUT2D eigenvalue weighted by Gasteiger charge is 2.45. The van der Waals surface area contributed by atoms with Gasteiger partial charge >= 0.3 is 37.1 Å². The molecule has 0 radical (unpaired) electrons. The normalized spacial score (nSPS) is 12.3. The Morgan fingerprint density at radius 2 is 0.312 bits per heavy atom. The lowest BCUT2D eigenvalue weighted by Gasteiger charge is -2.39. The van der Waals surface area contributed by atoms with E-state index in [-0.39, 0.29) is 57.9 Å². The fourth-order valence-corrected chi connectivity index (χ4v) is 17.8. The third kappa shape index (κ3) is 21.5. The molecule has 0 aliphatic rings. The Kier molecular flexibility index (Phi) is 27.0. The van der Waals surface area contributed by atoms with Gasteiger partial charge in [0.1, 0.15) is 5.78 Å². The summed E-state index contributed by atoms with van der Waals surface area (Å²) in [6.07, 6.45) is -18.6. The minimum absolute atomic E-state index is 0.104. The van der Waals surface area contributed by atoms with Crippen molar-refractivity contribution in [3.8, 4) is 67.5 Å². The first kappa shape index (κ1) is 97.3. The predicted molar refractivity (Wildman–Crippen MR) is 511 cm³/mol. The summed E-state index contributed by atoms with van der Waals surface area (Å²) < 4.78 is 249. The predicted octanol–water partition coefficient (Wildman–Crippen LogP) is 27.5. The van der Waals surface area contributed by atoms with Crippen LogP contribution in [-0.4, -0.2) is 67.0 Å². The zero-order valence-corrected chi connectivity index (χ0v) is 75.2. The van der Waals surface area contributed by atoms with Crippen LogP contribution in [0.3, 0.4) is 0 Å². The zero-order valence-electron chi connectivity index (χ0n) is 75.2. The zero-order chi connectivity index (χ0) is 101. The van der Waals surface area contributed by atoms with Gasteiger partial charge < -0.3 is 31.9 Å². The third-order valence-corrected chi connectivity index (χ3v) is 25.3. The molecule has 0 unspecified atom stereocenters. The van der Waals surface area contributed by atoms with E-state index in [4.69, 9.17) is 0 Å². The first-order valence-electron chi connectivity index (χ1n) is 44.8. The number of aromatic amines is 6. The molecule has 0 spiro atoms. The van der Waals surface area contributed by atoms with Crippen molar-refractivity contribution in [2.75, 3.05) is 31.9 Å². The summed E-state index contributed by atoms with van der Waals surface area (Å²) in [5.41, 5.74) is 6.64. The summed E-state index contributed by atoms with van der Waals surface area (Å²) in [6.45, 7) is 0.624. The standard InChI is InChI=1S/C107H82F18N18O/c108-102(109,110)81-13-1-63(2-14-81)94-69(57-132-138-94)51-126-87-37-25-75(26-38-87)100(76-27-39-88(40-28-76)127-52-70-58-133-139-95(70)64-3-15-82(16-4-64)103(111,112)113,77-29-41-89(42-30-77)128-53-71-59-134-140-96(71)65-5-17-83(18-6-65)104(114,115)116)49-93(144)50-101(78-31-43-90(44-32-78)129-54-72-60-135-141-97(72)66-7-19-84(20-8-66)105(117,118)119,79-33-45-91(46-34-79)130-55-73-61-136-142-98(73)67-9-21-85(22-10-67)106(120,121)122)80-35-47-92(48-36-80)131-56-74-62-137-143-99(74)68-11-23-86(24-12-68)107(123,124)125/h1-48,57-62,126-131H,49-56H2,(H,132,138)(H,133,139)(H,134,140)(H,135,141)(H,136,142)(H,137,143). The molecule has 6 aromatic heterocycles. The van der Waals surface area contributed by atoms with Crippen molar-refractivity contribution >= 4 is 39.9 Å². The van der Waals surface area contributed by atoms with Crippen LogP contribution in [0.5, 0.6) is 0 Å². The molecule has 19 nitrogen and oxygen atoms in total. The maximum Gasteiger partial charge on any atom is 0.416 e. The molecule has 37 heteroatoms. The molecule has 0 amide bonds. The summed E-state index contributed by atoms with van der Waals surface area (Å²) >= 11 is 0. The Bertz CT molecular complexity index is 6290. The van der Waals surface area contributed by atoms with Crippen LogP contribution < -0.4 is 31.9 Å². The lowest BCUT2D eigenvalue weighted by atomic mass is 9.62. The Labute approximate surface area is 808 Å². The Morgan fingerprint density at radius 1 is 0.188 bits per heavy atom. The Balaban J connectivity index is 0.762. The van der Waals surface area contributed by atoms with Crippen molar-refractivity contribution in [2.45, 2.75) is 100.0 Å². The van der Waals surface area contributed by atoms with E-state index in [1.807, 2.05) is 146 Å². The average Bonchev–Trinajstić information content (AvgIpc) is 0.744. The molecule has 0 atom stereocenters. The number of anilines is 6. The molecule has 18 rings (SSSR count). The number of rotatable bonds is 34. The number of ketones is 1. The smallest absolute Gasteiger partial charge is 0.381 e. The summed E-state index contributed by atoms with van der Waals surface area (Å²) in [5, 5.41) is 64.0. The van der Waals surface area contributed by atoms with Crippen LogP contribution in [-0.2, 0) is 92.0 Å². The number of carbonyl (C=O) groups is 1. The molecule has 0 saturated carbocycles. The lowest BCUT2D eigenvalue weighted by Crippen LogP contribution is -2.37. The van der Waals surface area contributed by atoms with Crippen molar-refractivity contribution in [1.29, 1.82) is 0 Å². The molecule has 0 fully saturated rings. The topological polar surface area (TPSA) is 261 Å². The van der Waals surface area contributed by atoms with E-state index in [2.05, 4.69) is 93.1 Å². The largest absolute Gasteiger partial charge is 0.416 e. The van der Waals surface area contributed by atoms with Crippen molar-refractivity contribution in [3.05, 3.63) is 429 Å². The number of halogens is 18. The number of hydrogen-bond acceptors (Lipinski definition) is 13. The fourth-order valence-electron chi connectivity index (χ4n) is 17.8. The maximum atomic E-state index is 17.6. The Morgan fingerprint density at radius 3 is 0.438 bits per heavy atom. The number of benzene rings is 12. The van der Waals surface area contributed by atoms with Gasteiger partial charge in [0.05, 0.1) is 78.4 Å². The van der Waals surface area contributed by atoms with E-state index in [9.17, 15) is 79.0 Å². The molecular formula is C107H82F18N18O. The van der Waals surface area contributed by atoms with E-state index in [1.165, 1.54) is 72.8 Å². The average molecular weight is 1980 g/mol. The number of aromatic nitrogens is 12. The molecule has 0 aliphatic heterocycles. The van der Waals surface area contributed by atoms with Gasteiger partial charge in [-0.05, 0) is 179 Å². The molecule has 6 heterocycles. The minimum atomic E-state index is -4.60. The third-order valence-electron chi connectivity index (χ3n) is 25.3. The summed E-state index contributed by atoms with van der Waals surface area (Å²) in [4.78, 5) is 17.6. The van der Waals surface area contributed by atoms with Gasteiger partial charge in [0.15, 0.2) is 0 Å². The second-order valence-corrected chi connectivity index (χ2v) is 34.3. The summed E-state index contributed by atoms with van der Waals surface area (Å²) in [5.74, 6) is -0.363. The van der Waals surface area contributed by atoms with Crippen molar-refractivity contribution in [3.63, 3.8) is 0 Å². The monoisotopic (exact) mass is 1980 g/mol. The van der Waals surface area contributed by atoms with E-state index in [0.29, 0.717) is 168 Å². The minimum Gasteiger partial charge on any atom is -0.381 e. The molecular weight excluding hydrogens is 1900 g/mol. The van der Waals surface area contributed by atoms with Gasteiger partial charge in [-0.15, -0.1) is 0 Å². The number of H-pyrrole nitrogens is 6. The SMILES string of the molecule is O=C(CC(c1ccc(NCc2c[nH]nc2-c2ccc(C(F)(F)F)cc2)cc1)(c1ccc(NCc2c[nH]nc2-c2ccc(C(F)(F)F)cc2)cc1)c1ccc(NCc2c[nH]nc2-c2ccc(C(F)(F)F)cc2)cc1)CC(c1ccc(NCc2c[nH]nc2-c2ccc(C(F)(F)F)cc2)cc1)(c1ccc(NCc2c[nH]nc2-c2ccc(C(F)(F)F)cc2)cc1)c1ccc(NCc2c[nH]nc2-c2ccc(C(F)(F)F)cc2)cc1. The first-order valence-corrected chi connectivity index (χ1v) is 44.8. The fraction of sp³-hybridized carbons (Fsp3) is 0.150. The Hall–Kier alpha value is -16.9. The van der Waals surface area contributed by atoms with E-state index in [1.54, 1.807) is 37.2 Å². The number of Topliss-reactive ketones (excluding diaryl/α,β-unsaturated/α-hetero) is 1. The van der Waals surface area contributed by atoms with Crippen molar-refractivity contribution < 1.29 is 83.8 Å². The molecule has 18 aromatic rings. The number of nitrogens with zero attached hydrogens (tertiary/aromatic N) is 6. The van der Waals surface area contributed by atoms with E-state index in [0.717, 1.165) is 72.8 Å². The van der Waals surface area contributed by atoms with E-state index < -0.39 is 81.3 Å². The molecule has 732 valence electrons. The van der Waals surface area contributed by atoms with Gasteiger partial charge in [-0.2, -0.15) is 110 Å². The van der Waals surface area contributed by atoms with Gasteiger partial charge in [0.25, 0.3) is 0 Å². The van der Waals surface area contributed by atoms with E-state index >= 15 is 4.79 Å². The number of nitrogens with one attached hydrogen (secondary N) is 12. The highest BCUT2D eigenvalue weighted by atomic mass is 19.4. The van der Waals surface area contributed by atoms with Crippen molar-refractivity contribution in [1.82, 2.24) is 61.2 Å². The lowest BCUT2D eigenvalue weighted by molar-refractivity contribution is -0.138. The molecule has 12 aromatic carbocycles. The maximum absolute atomic E-state index is 17.6. The van der Waals surface area contributed by atoms with Gasteiger partial charge in [0.2, 0.25) is 0 Å². The molecule has 0 aliphatic carbocycles. The second kappa shape index (κ2) is 40.0. The molecule has 144 heavy (non-hydrogen) atoms. The van der Waals surface area contributed by atoms with Crippen LogP contribution in [0.1, 0.15) is 113 Å². The van der Waals surface area contributed by atoms with Crippen LogP contribution in [0.4, 0.5) is 113 Å². The van der Waals surface area contributed by atoms with Gasteiger partial charge in [-0.25, -0.2) is 0 Å². The molecule has 12 N–H and O–H groups in total. The molecule has 0 bridgehead atoms. The quantitative estimate of drug-likeness (QED) is 0.0132. The van der Waals surface area contributed by atoms with Crippen LogP contribution >= 0.6 is 0 Å². The highest BCUT2D eigenvalue weighted by Crippen LogP contribution is 2.51. The molecule has 0 saturated heterocycles. The van der Waals surface area contributed by atoms with Crippen LogP contribution in [0, 0.1) is 0 Å². The van der Waals surface area contributed by atoms with Crippen LogP contribution in [0.15, 0.2) is 328 Å². The summed E-state index contributed by atoms with van der Waals surface area (Å²) in [7, 11) is 0. The van der Waals surface area contributed by atoms with Crippen LogP contribution in [0.25, 0.3) is 67.5 Å².